The van der Waals surface area contributed by atoms with Crippen molar-refractivity contribution >= 4 is 39.6 Å². The van der Waals surface area contributed by atoms with Crippen LogP contribution in [0.2, 0.25) is 0 Å². The van der Waals surface area contributed by atoms with Crippen LogP contribution in [0.1, 0.15) is 19.4 Å². The number of aromatic nitrogens is 1. The first-order chi connectivity index (χ1) is 15.2. The first kappa shape index (κ1) is 20.5. The number of hydrogen-bond donors (Lipinski definition) is 2. The van der Waals surface area contributed by atoms with Crippen LogP contribution in [0.3, 0.4) is 0 Å². The zero-order valence-electron chi connectivity index (χ0n) is 17.8. The van der Waals surface area contributed by atoms with Gasteiger partial charge in [-0.1, -0.05) is 24.3 Å². The molecule has 6 heteroatoms. The average molecular weight is 415 g/mol. The van der Waals surface area contributed by atoms with Crippen molar-refractivity contribution in [3.63, 3.8) is 0 Å². The Morgan fingerprint density at radius 1 is 1.00 bits per heavy atom. The normalized spacial score (nSPS) is 11.3. The van der Waals surface area contributed by atoms with Crippen molar-refractivity contribution in [3.8, 4) is 5.75 Å². The second kappa shape index (κ2) is 9.34. The molecule has 4 rings (SSSR count). The molecule has 0 saturated carbocycles. The fraction of sp³-hybridized carbons (Fsp3) is 0.200. The molecular weight excluding hydrogens is 388 g/mol. The molecule has 0 aliphatic carbocycles. The highest BCUT2D eigenvalue weighted by molar-refractivity contribution is 6.09. The highest BCUT2D eigenvalue weighted by Crippen LogP contribution is 2.29. The van der Waals surface area contributed by atoms with E-state index >= 15 is 0 Å². The van der Waals surface area contributed by atoms with Crippen molar-refractivity contribution in [1.29, 1.82) is 0 Å². The second-order valence-corrected chi connectivity index (χ2v) is 7.14. The summed E-state index contributed by atoms with van der Waals surface area (Å²) in [7, 11) is 0. The van der Waals surface area contributed by atoms with E-state index < -0.39 is 0 Å². The molecule has 158 valence electrons. The molecule has 1 aromatic heterocycles. The first-order valence-electron chi connectivity index (χ1n) is 10.5. The van der Waals surface area contributed by atoms with E-state index in [0.29, 0.717) is 6.61 Å². The summed E-state index contributed by atoms with van der Waals surface area (Å²) in [6.45, 7) is 5.76. The van der Waals surface area contributed by atoms with Gasteiger partial charge in [-0.2, -0.15) is 5.10 Å². The Bertz CT molecular complexity index is 1230. The van der Waals surface area contributed by atoms with Crippen molar-refractivity contribution in [2.75, 3.05) is 18.5 Å². The largest absolute Gasteiger partial charge is 0.494 e. The van der Waals surface area contributed by atoms with Gasteiger partial charge in [0.05, 0.1) is 19.4 Å². The summed E-state index contributed by atoms with van der Waals surface area (Å²) in [6.07, 6.45) is 1.67. The van der Waals surface area contributed by atoms with E-state index in [0.717, 1.165) is 23.5 Å². The fourth-order valence-corrected chi connectivity index (χ4v) is 3.73. The van der Waals surface area contributed by atoms with Crippen LogP contribution in [0.4, 0.5) is 5.69 Å². The average Bonchev–Trinajstić information content (AvgIpc) is 3.12. The number of ether oxygens (including phenoxy) is 1. The molecule has 0 atom stereocenters. The summed E-state index contributed by atoms with van der Waals surface area (Å²) >= 11 is 0. The van der Waals surface area contributed by atoms with Crippen molar-refractivity contribution in [1.82, 2.24) is 9.99 Å². The maximum atomic E-state index is 12.1. The number of anilines is 1. The van der Waals surface area contributed by atoms with Crippen LogP contribution in [-0.4, -0.2) is 29.8 Å². The number of benzene rings is 3. The maximum Gasteiger partial charge on any atom is 0.259 e. The molecule has 3 aromatic carbocycles. The van der Waals surface area contributed by atoms with E-state index in [9.17, 15) is 4.79 Å². The summed E-state index contributed by atoms with van der Waals surface area (Å²) in [5.74, 6) is 0.593. The predicted octanol–water partition coefficient (Wildman–Crippen LogP) is 4.78. The molecular formula is C25H26N4O2. The molecule has 0 saturated heterocycles. The summed E-state index contributed by atoms with van der Waals surface area (Å²) in [5.41, 5.74) is 6.78. The monoisotopic (exact) mass is 414 g/mol. The van der Waals surface area contributed by atoms with Crippen molar-refractivity contribution in [2.45, 2.75) is 20.4 Å². The van der Waals surface area contributed by atoms with Gasteiger partial charge in [-0.05, 0) is 61.9 Å². The molecule has 0 unspecified atom stereocenters. The van der Waals surface area contributed by atoms with Crippen LogP contribution in [0.25, 0.3) is 21.8 Å². The number of carbonyl (C=O) groups excluding carboxylic acids is 1. The van der Waals surface area contributed by atoms with Crippen LogP contribution in [-0.2, 0) is 11.3 Å². The molecule has 0 radical (unpaired) electrons. The van der Waals surface area contributed by atoms with Gasteiger partial charge in [0.25, 0.3) is 5.91 Å². The zero-order chi connectivity index (χ0) is 21.6. The Balaban J connectivity index is 1.39. The SMILES string of the molecule is CCOc1ccc(NCC(=O)N/N=C\c2ccc3c(c2)c2ccccc2n3CC)cc1. The number of para-hydroxylation sites is 1. The number of nitrogens with zero attached hydrogens (tertiary/aromatic N) is 2. The Labute approximate surface area is 181 Å². The number of carbonyl (C=O) groups is 1. The van der Waals surface area contributed by atoms with E-state index in [4.69, 9.17) is 4.74 Å². The number of rotatable bonds is 8. The third-order valence-electron chi connectivity index (χ3n) is 5.13. The standard InChI is InChI=1S/C25H26N4O2/c1-3-29-23-8-6-5-7-21(23)22-15-18(9-14-24(22)29)16-27-28-25(30)17-26-19-10-12-20(13-11-19)31-4-2/h5-16,26H,3-4,17H2,1-2H3,(H,28,30)/b27-16-. The minimum Gasteiger partial charge on any atom is -0.494 e. The van der Waals surface area contributed by atoms with Gasteiger partial charge in [-0.25, -0.2) is 5.43 Å². The number of fused-ring (bicyclic) bond motifs is 3. The van der Waals surface area contributed by atoms with Gasteiger partial charge in [0.15, 0.2) is 0 Å². The van der Waals surface area contributed by atoms with Crippen LogP contribution in [0.5, 0.6) is 5.75 Å². The second-order valence-electron chi connectivity index (χ2n) is 7.14. The first-order valence-corrected chi connectivity index (χ1v) is 10.5. The Morgan fingerprint density at radius 3 is 2.55 bits per heavy atom. The van der Waals surface area contributed by atoms with E-state index in [1.54, 1.807) is 6.21 Å². The van der Waals surface area contributed by atoms with Gasteiger partial charge in [0, 0.05) is 34.0 Å². The van der Waals surface area contributed by atoms with Gasteiger partial charge in [-0.15, -0.1) is 0 Å². The number of aryl methyl sites for hydroxylation is 1. The Morgan fingerprint density at radius 2 is 1.77 bits per heavy atom. The molecule has 31 heavy (non-hydrogen) atoms. The highest BCUT2D eigenvalue weighted by atomic mass is 16.5. The summed E-state index contributed by atoms with van der Waals surface area (Å²) in [5, 5.41) is 9.59. The Kier molecular flexibility index (Phi) is 6.17. The molecule has 0 aliphatic heterocycles. The van der Waals surface area contributed by atoms with Crippen molar-refractivity contribution < 1.29 is 9.53 Å². The summed E-state index contributed by atoms with van der Waals surface area (Å²) in [4.78, 5) is 12.1. The van der Waals surface area contributed by atoms with Crippen LogP contribution >= 0.6 is 0 Å². The molecule has 1 heterocycles. The number of hydrogen-bond acceptors (Lipinski definition) is 4. The van der Waals surface area contributed by atoms with Gasteiger partial charge < -0.3 is 14.6 Å². The molecule has 0 bridgehead atoms. The van der Waals surface area contributed by atoms with Gasteiger partial charge in [-0.3, -0.25) is 4.79 Å². The lowest BCUT2D eigenvalue weighted by Crippen LogP contribution is -2.25. The van der Waals surface area contributed by atoms with Crippen LogP contribution in [0.15, 0.2) is 71.8 Å². The van der Waals surface area contributed by atoms with Crippen LogP contribution in [0, 0.1) is 0 Å². The van der Waals surface area contributed by atoms with E-state index in [2.05, 4.69) is 63.7 Å². The molecule has 0 aliphatic rings. The van der Waals surface area contributed by atoms with Crippen LogP contribution < -0.4 is 15.5 Å². The zero-order valence-corrected chi connectivity index (χ0v) is 17.8. The molecule has 4 aromatic rings. The minimum absolute atomic E-state index is 0.133. The summed E-state index contributed by atoms with van der Waals surface area (Å²) < 4.78 is 7.72. The van der Waals surface area contributed by atoms with Gasteiger partial charge in [0.2, 0.25) is 0 Å². The molecule has 1 amide bonds. The number of amides is 1. The van der Waals surface area contributed by atoms with E-state index in [1.807, 2.05) is 37.3 Å². The summed E-state index contributed by atoms with van der Waals surface area (Å²) in [6, 6.07) is 22.1. The maximum absolute atomic E-state index is 12.1. The van der Waals surface area contributed by atoms with Crippen molar-refractivity contribution in [3.05, 3.63) is 72.3 Å². The highest BCUT2D eigenvalue weighted by Gasteiger charge is 2.09. The third-order valence-corrected chi connectivity index (χ3v) is 5.13. The van der Waals surface area contributed by atoms with E-state index in [1.165, 1.54) is 21.8 Å². The topological polar surface area (TPSA) is 67.7 Å². The molecule has 0 spiro atoms. The Hall–Kier alpha value is -3.80. The van der Waals surface area contributed by atoms with Crippen molar-refractivity contribution in [2.24, 2.45) is 5.10 Å². The minimum atomic E-state index is -0.214. The lowest BCUT2D eigenvalue weighted by atomic mass is 10.1. The lowest BCUT2D eigenvalue weighted by molar-refractivity contribution is -0.119. The lowest BCUT2D eigenvalue weighted by Gasteiger charge is -2.07. The number of nitrogens with one attached hydrogen (secondary N) is 2. The predicted molar refractivity (Wildman–Crippen MR) is 127 cm³/mol. The third kappa shape index (κ3) is 4.53. The van der Waals surface area contributed by atoms with Gasteiger partial charge >= 0.3 is 0 Å². The number of hydrazone groups is 1. The molecule has 6 nitrogen and oxygen atoms in total. The van der Waals surface area contributed by atoms with E-state index in [-0.39, 0.29) is 12.5 Å². The molecule has 0 fully saturated rings. The fourth-order valence-electron chi connectivity index (χ4n) is 3.73. The smallest absolute Gasteiger partial charge is 0.259 e. The molecule has 2 N–H and O–H groups in total. The van der Waals surface area contributed by atoms with Gasteiger partial charge in [0.1, 0.15) is 5.75 Å². The quantitative estimate of drug-likeness (QED) is 0.322.